The molecular formula is C11H9Cl2N5. The van der Waals surface area contributed by atoms with Crippen LogP contribution in [0, 0.1) is 0 Å². The normalized spacial score (nSPS) is 11.6. The van der Waals surface area contributed by atoms with Crippen LogP contribution in [0.25, 0.3) is 0 Å². The fourth-order valence-electron chi connectivity index (χ4n) is 1.30. The van der Waals surface area contributed by atoms with Crippen molar-refractivity contribution in [1.29, 1.82) is 0 Å². The zero-order valence-electron chi connectivity index (χ0n) is 9.14. The molecule has 0 aliphatic carbocycles. The Balaban J connectivity index is 2.39. The second kappa shape index (κ2) is 5.20. The summed E-state index contributed by atoms with van der Waals surface area (Å²) in [5.41, 5.74) is 12.9. The molecule has 0 saturated carbocycles. The first-order valence-electron chi connectivity index (χ1n) is 4.94. The van der Waals surface area contributed by atoms with E-state index in [0.29, 0.717) is 22.1 Å². The fourth-order valence-corrected chi connectivity index (χ4v) is 1.56. The molecule has 4 N–H and O–H groups in total. The van der Waals surface area contributed by atoms with Crippen LogP contribution in [0.2, 0.25) is 10.2 Å². The predicted molar refractivity (Wildman–Crippen MR) is 73.3 cm³/mol. The van der Waals surface area contributed by atoms with Gasteiger partial charge >= 0.3 is 0 Å². The average molecular weight is 282 g/mol. The Kier molecular flexibility index (Phi) is 3.64. The highest BCUT2D eigenvalue weighted by Crippen LogP contribution is 2.24. The van der Waals surface area contributed by atoms with Gasteiger partial charge in [-0.05, 0) is 18.2 Å². The molecule has 18 heavy (non-hydrogen) atoms. The Morgan fingerprint density at radius 1 is 1.28 bits per heavy atom. The third kappa shape index (κ3) is 2.69. The molecule has 0 spiro atoms. The summed E-state index contributed by atoms with van der Waals surface area (Å²) in [4.78, 5) is 12.1. The van der Waals surface area contributed by atoms with Gasteiger partial charge in [-0.25, -0.2) is 9.98 Å². The van der Waals surface area contributed by atoms with Gasteiger partial charge < -0.3 is 11.5 Å². The number of aromatic nitrogens is 2. The molecule has 0 fully saturated rings. The standard InChI is InChI=1S/C11H9Cl2N5/c12-7-4-6(5-17-10(7)13)18-11(15)9-8(14)2-1-3-16-9/h1-5H,14H2,(H2,15,18). The topological polar surface area (TPSA) is 90.2 Å². The minimum absolute atomic E-state index is 0.188. The van der Waals surface area contributed by atoms with Crippen LogP contribution in [0.4, 0.5) is 11.4 Å². The Labute approximate surface area is 113 Å². The number of pyridine rings is 2. The third-order valence-corrected chi connectivity index (χ3v) is 2.80. The number of aliphatic imine (C=N–C) groups is 1. The molecule has 0 unspecified atom stereocenters. The molecule has 5 nitrogen and oxygen atoms in total. The lowest BCUT2D eigenvalue weighted by Crippen LogP contribution is -2.16. The van der Waals surface area contributed by atoms with Gasteiger partial charge in [0.05, 0.1) is 22.6 Å². The van der Waals surface area contributed by atoms with Crippen molar-refractivity contribution in [2.45, 2.75) is 0 Å². The summed E-state index contributed by atoms with van der Waals surface area (Å²) in [6.07, 6.45) is 3.04. The summed E-state index contributed by atoms with van der Waals surface area (Å²) in [6, 6.07) is 4.97. The van der Waals surface area contributed by atoms with Crippen molar-refractivity contribution >= 4 is 40.4 Å². The van der Waals surface area contributed by atoms with Crippen LogP contribution < -0.4 is 11.5 Å². The highest BCUT2D eigenvalue weighted by Gasteiger charge is 2.06. The maximum absolute atomic E-state index is 5.83. The van der Waals surface area contributed by atoms with Crippen LogP contribution in [0.1, 0.15) is 5.69 Å². The number of rotatable bonds is 2. The minimum Gasteiger partial charge on any atom is -0.397 e. The summed E-state index contributed by atoms with van der Waals surface area (Å²) >= 11 is 11.5. The van der Waals surface area contributed by atoms with Gasteiger partial charge in [-0.2, -0.15) is 0 Å². The van der Waals surface area contributed by atoms with E-state index < -0.39 is 0 Å². The minimum atomic E-state index is 0.188. The molecule has 0 aliphatic rings. The largest absolute Gasteiger partial charge is 0.397 e. The number of hydrogen-bond acceptors (Lipinski definition) is 4. The van der Waals surface area contributed by atoms with Crippen molar-refractivity contribution in [3.63, 3.8) is 0 Å². The molecule has 0 aromatic carbocycles. The smallest absolute Gasteiger partial charge is 0.152 e. The van der Waals surface area contributed by atoms with Gasteiger partial charge in [0, 0.05) is 6.20 Å². The predicted octanol–water partition coefficient (Wildman–Crippen LogP) is 2.40. The number of anilines is 1. The van der Waals surface area contributed by atoms with Gasteiger partial charge in [0.25, 0.3) is 0 Å². The maximum Gasteiger partial charge on any atom is 0.152 e. The number of nitrogens with two attached hydrogens (primary N) is 2. The SMILES string of the molecule is NC(=Nc1cnc(Cl)c(Cl)c1)c1ncccc1N. The van der Waals surface area contributed by atoms with E-state index in [1.54, 1.807) is 24.4 Å². The molecule has 0 saturated heterocycles. The molecule has 0 radical (unpaired) electrons. The molecule has 0 amide bonds. The Bertz CT molecular complexity index is 612. The Hall–Kier alpha value is -1.85. The average Bonchev–Trinajstić information content (AvgIpc) is 2.34. The molecule has 0 atom stereocenters. The molecule has 2 heterocycles. The van der Waals surface area contributed by atoms with Gasteiger partial charge in [-0.1, -0.05) is 23.2 Å². The lowest BCUT2D eigenvalue weighted by molar-refractivity contribution is 1.26. The first kappa shape index (κ1) is 12.6. The van der Waals surface area contributed by atoms with E-state index in [2.05, 4.69) is 15.0 Å². The molecule has 2 aromatic heterocycles. The second-order valence-electron chi connectivity index (χ2n) is 3.40. The first-order valence-corrected chi connectivity index (χ1v) is 5.69. The second-order valence-corrected chi connectivity index (χ2v) is 4.17. The van der Waals surface area contributed by atoms with Crippen LogP contribution in [-0.2, 0) is 0 Å². The van der Waals surface area contributed by atoms with Gasteiger partial charge in [0.15, 0.2) is 5.84 Å². The van der Waals surface area contributed by atoms with E-state index in [1.807, 2.05) is 0 Å². The zero-order chi connectivity index (χ0) is 13.1. The summed E-state index contributed by atoms with van der Waals surface area (Å²) in [7, 11) is 0. The van der Waals surface area contributed by atoms with Crippen LogP contribution in [0.5, 0.6) is 0 Å². The number of halogens is 2. The quantitative estimate of drug-likeness (QED) is 0.502. The molecule has 0 aliphatic heterocycles. The summed E-state index contributed by atoms with van der Waals surface area (Å²) < 4.78 is 0. The molecule has 92 valence electrons. The molecule has 7 heteroatoms. The number of amidine groups is 1. The van der Waals surface area contributed by atoms with E-state index in [0.717, 1.165) is 0 Å². The summed E-state index contributed by atoms with van der Waals surface area (Å²) in [5, 5.41) is 0.520. The highest BCUT2D eigenvalue weighted by molar-refractivity contribution is 6.41. The van der Waals surface area contributed by atoms with Crippen molar-refractivity contribution in [3.05, 3.63) is 46.5 Å². The molecular weight excluding hydrogens is 273 g/mol. The Morgan fingerprint density at radius 2 is 2.06 bits per heavy atom. The van der Waals surface area contributed by atoms with Crippen molar-refractivity contribution in [1.82, 2.24) is 9.97 Å². The molecule has 2 rings (SSSR count). The van der Waals surface area contributed by atoms with Crippen molar-refractivity contribution < 1.29 is 0 Å². The van der Waals surface area contributed by atoms with Crippen LogP contribution >= 0.6 is 23.2 Å². The highest BCUT2D eigenvalue weighted by atomic mass is 35.5. The lowest BCUT2D eigenvalue weighted by Gasteiger charge is -2.03. The van der Waals surface area contributed by atoms with E-state index in [4.69, 9.17) is 34.7 Å². The summed E-state index contributed by atoms with van der Waals surface area (Å²) in [5.74, 6) is 0.188. The van der Waals surface area contributed by atoms with E-state index in [9.17, 15) is 0 Å². The van der Waals surface area contributed by atoms with Gasteiger partial charge in [0.1, 0.15) is 10.8 Å². The lowest BCUT2D eigenvalue weighted by atomic mass is 10.3. The third-order valence-electron chi connectivity index (χ3n) is 2.11. The molecule has 2 aromatic rings. The zero-order valence-corrected chi connectivity index (χ0v) is 10.7. The number of nitrogen functional groups attached to an aromatic ring is 1. The van der Waals surface area contributed by atoms with Crippen molar-refractivity contribution in [3.8, 4) is 0 Å². The van der Waals surface area contributed by atoms with Gasteiger partial charge in [-0.3, -0.25) is 4.98 Å². The van der Waals surface area contributed by atoms with E-state index in [-0.39, 0.29) is 11.0 Å². The first-order chi connectivity index (χ1) is 8.58. The van der Waals surface area contributed by atoms with Crippen LogP contribution in [0.3, 0.4) is 0 Å². The monoisotopic (exact) mass is 281 g/mol. The van der Waals surface area contributed by atoms with Crippen LogP contribution in [0.15, 0.2) is 35.6 Å². The fraction of sp³-hybridized carbons (Fsp3) is 0. The van der Waals surface area contributed by atoms with Gasteiger partial charge in [0.2, 0.25) is 0 Å². The maximum atomic E-state index is 5.83. The van der Waals surface area contributed by atoms with Crippen LogP contribution in [-0.4, -0.2) is 15.8 Å². The summed E-state index contributed by atoms with van der Waals surface area (Å²) in [6.45, 7) is 0. The van der Waals surface area contributed by atoms with Gasteiger partial charge in [-0.15, -0.1) is 0 Å². The molecule has 0 bridgehead atoms. The van der Waals surface area contributed by atoms with E-state index >= 15 is 0 Å². The van der Waals surface area contributed by atoms with E-state index in [1.165, 1.54) is 6.20 Å². The van der Waals surface area contributed by atoms with Crippen molar-refractivity contribution in [2.24, 2.45) is 10.7 Å². The Morgan fingerprint density at radius 3 is 2.72 bits per heavy atom. The number of hydrogen-bond donors (Lipinski definition) is 2. The van der Waals surface area contributed by atoms with Crippen molar-refractivity contribution in [2.75, 3.05) is 5.73 Å². The number of nitrogens with zero attached hydrogens (tertiary/aromatic N) is 3.